The van der Waals surface area contributed by atoms with Gasteiger partial charge in [0.25, 0.3) is 5.91 Å². The number of ether oxygens (including phenoxy) is 2. The minimum absolute atomic E-state index is 0.253. The summed E-state index contributed by atoms with van der Waals surface area (Å²) in [6.45, 7) is 4.38. The summed E-state index contributed by atoms with van der Waals surface area (Å²) in [6, 6.07) is 14.6. The van der Waals surface area contributed by atoms with Gasteiger partial charge in [-0.3, -0.25) is 9.69 Å². The van der Waals surface area contributed by atoms with Gasteiger partial charge in [0.15, 0.2) is 0 Å². The molecule has 2 aromatic rings. The summed E-state index contributed by atoms with van der Waals surface area (Å²) in [7, 11) is 1.60. The van der Waals surface area contributed by atoms with E-state index in [1.807, 2.05) is 55.5 Å². The SMILES string of the molecule is COc1ccc(C2(C)NC(=O)N(CCCOc3ccccc3)C2=O)cc1C. The van der Waals surface area contributed by atoms with Gasteiger partial charge >= 0.3 is 6.03 Å². The standard InChI is InChI=1S/C21H24N2O4/c1-15-14-16(10-11-18(15)26-3)21(2)19(24)23(20(25)22-21)12-7-13-27-17-8-5-4-6-9-17/h4-6,8-11,14H,7,12-13H2,1-3H3,(H,22,25). The normalized spacial score (nSPS) is 19.1. The quantitative estimate of drug-likeness (QED) is 0.602. The van der Waals surface area contributed by atoms with E-state index in [0.717, 1.165) is 22.6 Å². The van der Waals surface area contributed by atoms with Gasteiger partial charge in [0, 0.05) is 6.54 Å². The van der Waals surface area contributed by atoms with E-state index < -0.39 is 5.54 Å². The van der Waals surface area contributed by atoms with Crippen molar-refractivity contribution in [2.24, 2.45) is 0 Å². The van der Waals surface area contributed by atoms with Crippen molar-refractivity contribution < 1.29 is 19.1 Å². The fraction of sp³-hybridized carbons (Fsp3) is 0.333. The van der Waals surface area contributed by atoms with E-state index >= 15 is 0 Å². The molecule has 1 unspecified atom stereocenters. The highest BCUT2D eigenvalue weighted by Crippen LogP contribution is 2.31. The molecule has 6 heteroatoms. The van der Waals surface area contributed by atoms with E-state index in [1.165, 1.54) is 4.90 Å². The van der Waals surface area contributed by atoms with Gasteiger partial charge in [-0.15, -0.1) is 0 Å². The number of nitrogens with one attached hydrogen (secondary N) is 1. The lowest BCUT2D eigenvalue weighted by atomic mass is 9.90. The summed E-state index contributed by atoms with van der Waals surface area (Å²) in [6.07, 6.45) is 0.561. The number of nitrogens with zero attached hydrogens (tertiary/aromatic N) is 1. The van der Waals surface area contributed by atoms with Crippen molar-refractivity contribution in [3.05, 3.63) is 59.7 Å². The third kappa shape index (κ3) is 3.74. The minimum atomic E-state index is -1.07. The zero-order chi connectivity index (χ0) is 19.4. The third-order valence-corrected chi connectivity index (χ3v) is 4.79. The largest absolute Gasteiger partial charge is 0.496 e. The van der Waals surface area contributed by atoms with Crippen LogP contribution in [0.25, 0.3) is 0 Å². The molecular weight excluding hydrogens is 344 g/mol. The third-order valence-electron chi connectivity index (χ3n) is 4.79. The van der Waals surface area contributed by atoms with Gasteiger partial charge in [0.05, 0.1) is 13.7 Å². The molecule has 0 spiro atoms. The van der Waals surface area contributed by atoms with Crippen molar-refractivity contribution in [3.8, 4) is 11.5 Å². The van der Waals surface area contributed by atoms with E-state index in [1.54, 1.807) is 14.0 Å². The van der Waals surface area contributed by atoms with Crippen LogP contribution >= 0.6 is 0 Å². The van der Waals surface area contributed by atoms with Crippen LogP contribution in [0.1, 0.15) is 24.5 Å². The summed E-state index contributed by atoms with van der Waals surface area (Å²) in [4.78, 5) is 26.6. The summed E-state index contributed by atoms with van der Waals surface area (Å²) in [5.41, 5.74) is 0.573. The molecule has 3 amide bonds. The Hall–Kier alpha value is -3.02. The molecule has 0 radical (unpaired) electrons. The lowest BCUT2D eigenvalue weighted by molar-refractivity contribution is -0.131. The Kier molecular flexibility index (Phi) is 5.35. The van der Waals surface area contributed by atoms with Crippen LogP contribution in [0.2, 0.25) is 0 Å². The number of hydrogen-bond donors (Lipinski definition) is 1. The number of benzene rings is 2. The topological polar surface area (TPSA) is 67.9 Å². The average molecular weight is 368 g/mol. The average Bonchev–Trinajstić information content (AvgIpc) is 2.89. The maximum Gasteiger partial charge on any atom is 0.325 e. The molecule has 142 valence electrons. The predicted octanol–water partition coefficient (Wildman–Crippen LogP) is 3.24. The van der Waals surface area contributed by atoms with Gasteiger partial charge in [0.2, 0.25) is 0 Å². The van der Waals surface area contributed by atoms with Crippen LogP contribution in [0.5, 0.6) is 11.5 Å². The number of aryl methyl sites for hydroxylation is 1. The molecule has 0 bridgehead atoms. The number of rotatable bonds is 7. The molecular formula is C21H24N2O4. The second-order valence-corrected chi connectivity index (χ2v) is 6.71. The van der Waals surface area contributed by atoms with E-state index in [-0.39, 0.29) is 11.9 Å². The van der Waals surface area contributed by atoms with Gasteiger partial charge in [-0.25, -0.2) is 4.79 Å². The lowest BCUT2D eigenvalue weighted by Crippen LogP contribution is -2.41. The van der Waals surface area contributed by atoms with Gasteiger partial charge in [-0.1, -0.05) is 24.3 Å². The molecule has 27 heavy (non-hydrogen) atoms. The van der Waals surface area contributed by atoms with Crippen LogP contribution in [0.3, 0.4) is 0 Å². The maximum atomic E-state index is 12.9. The Bertz CT molecular complexity index is 837. The van der Waals surface area contributed by atoms with Crippen LogP contribution in [-0.2, 0) is 10.3 Å². The number of para-hydroxylation sites is 1. The molecule has 0 saturated carbocycles. The molecule has 1 aliphatic rings. The first-order valence-electron chi connectivity index (χ1n) is 8.93. The van der Waals surface area contributed by atoms with Crippen molar-refractivity contribution in [1.29, 1.82) is 0 Å². The number of hydrogen-bond acceptors (Lipinski definition) is 4. The van der Waals surface area contributed by atoms with E-state index in [2.05, 4.69) is 5.32 Å². The van der Waals surface area contributed by atoms with Gasteiger partial charge in [-0.05, 0) is 55.7 Å². The smallest absolute Gasteiger partial charge is 0.325 e. The minimum Gasteiger partial charge on any atom is -0.496 e. The molecule has 1 atom stereocenters. The van der Waals surface area contributed by atoms with Crippen LogP contribution in [-0.4, -0.2) is 37.1 Å². The zero-order valence-electron chi connectivity index (χ0n) is 15.8. The Labute approximate surface area is 159 Å². The van der Waals surface area contributed by atoms with Gasteiger partial charge < -0.3 is 14.8 Å². The summed E-state index contributed by atoms with van der Waals surface area (Å²) in [5.74, 6) is 1.26. The monoisotopic (exact) mass is 368 g/mol. The Morgan fingerprint density at radius 3 is 2.52 bits per heavy atom. The highest BCUT2D eigenvalue weighted by molar-refractivity contribution is 6.07. The molecule has 1 aliphatic heterocycles. The molecule has 2 aromatic carbocycles. The van der Waals surface area contributed by atoms with E-state index in [9.17, 15) is 9.59 Å². The molecule has 1 N–H and O–H groups in total. The van der Waals surface area contributed by atoms with E-state index in [4.69, 9.17) is 9.47 Å². The van der Waals surface area contributed by atoms with Gasteiger partial charge in [-0.2, -0.15) is 0 Å². The van der Waals surface area contributed by atoms with Crippen LogP contribution in [0.4, 0.5) is 4.79 Å². The van der Waals surface area contributed by atoms with Crippen molar-refractivity contribution in [2.45, 2.75) is 25.8 Å². The summed E-state index contributed by atoms with van der Waals surface area (Å²) in [5, 5.41) is 2.83. The molecule has 0 aromatic heterocycles. The summed E-state index contributed by atoms with van der Waals surface area (Å²) < 4.78 is 10.9. The predicted molar refractivity (Wildman–Crippen MR) is 102 cm³/mol. The van der Waals surface area contributed by atoms with Crippen LogP contribution in [0.15, 0.2) is 48.5 Å². The Morgan fingerprint density at radius 2 is 1.85 bits per heavy atom. The highest BCUT2D eigenvalue weighted by atomic mass is 16.5. The van der Waals surface area contributed by atoms with Crippen LogP contribution < -0.4 is 14.8 Å². The maximum absolute atomic E-state index is 12.9. The first-order valence-corrected chi connectivity index (χ1v) is 8.93. The Balaban J connectivity index is 1.64. The van der Waals surface area contributed by atoms with Crippen molar-refractivity contribution in [3.63, 3.8) is 0 Å². The number of methoxy groups -OCH3 is 1. The van der Waals surface area contributed by atoms with Crippen molar-refractivity contribution >= 4 is 11.9 Å². The first-order chi connectivity index (χ1) is 13.0. The number of imide groups is 1. The summed E-state index contributed by atoms with van der Waals surface area (Å²) >= 11 is 0. The Morgan fingerprint density at radius 1 is 1.11 bits per heavy atom. The molecule has 1 saturated heterocycles. The zero-order valence-corrected chi connectivity index (χ0v) is 15.8. The number of urea groups is 1. The fourth-order valence-corrected chi connectivity index (χ4v) is 3.21. The first kappa shape index (κ1) is 18.8. The van der Waals surface area contributed by atoms with Crippen molar-refractivity contribution in [2.75, 3.05) is 20.3 Å². The van der Waals surface area contributed by atoms with Gasteiger partial charge in [0.1, 0.15) is 17.0 Å². The number of carbonyl (C=O) groups is 2. The molecule has 1 fully saturated rings. The molecule has 1 heterocycles. The highest BCUT2D eigenvalue weighted by Gasteiger charge is 2.48. The number of carbonyl (C=O) groups excluding carboxylic acids is 2. The second kappa shape index (κ2) is 7.70. The van der Waals surface area contributed by atoms with E-state index in [0.29, 0.717) is 19.6 Å². The van der Waals surface area contributed by atoms with Crippen molar-refractivity contribution in [1.82, 2.24) is 10.2 Å². The molecule has 3 rings (SSSR count). The molecule has 6 nitrogen and oxygen atoms in total. The number of amides is 3. The second-order valence-electron chi connectivity index (χ2n) is 6.71. The fourth-order valence-electron chi connectivity index (χ4n) is 3.21. The van der Waals surface area contributed by atoms with Crippen LogP contribution in [0, 0.1) is 6.92 Å². The molecule has 0 aliphatic carbocycles. The lowest BCUT2D eigenvalue weighted by Gasteiger charge is -2.23.